The molecule has 0 aliphatic rings. The molecule has 0 heterocycles. The minimum Gasteiger partial charge on any atom is -0.466 e. The molecule has 0 bridgehead atoms. The minimum atomic E-state index is 0.0264. The molecule has 0 atom stereocenters. The minimum absolute atomic E-state index is 0.0264. The highest BCUT2D eigenvalue weighted by atomic mass is 16.5. The second kappa shape index (κ2) is 42.2. The Kier molecular flexibility index (Phi) is 41.5. The van der Waals surface area contributed by atoms with Crippen LogP contribution in [0, 0.1) is 0 Å². The normalized spacial score (nSPS) is 11.6. The van der Waals surface area contributed by atoms with Gasteiger partial charge in [-0.15, -0.1) is 0 Å². The van der Waals surface area contributed by atoms with Gasteiger partial charge in [0.15, 0.2) is 0 Å². The number of allylic oxidation sites excluding steroid dienone is 2. The van der Waals surface area contributed by atoms with Crippen LogP contribution in [0.15, 0.2) is 12.2 Å². The molecule has 0 amide bonds. The molecule has 46 heavy (non-hydrogen) atoms. The molecule has 0 radical (unpaired) electrons. The van der Waals surface area contributed by atoms with E-state index in [1.807, 2.05) is 0 Å². The van der Waals surface area contributed by atoms with Crippen molar-refractivity contribution in [2.24, 2.45) is 0 Å². The van der Waals surface area contributed by atoms with Crippen LogP contribution in [0.1, 0.15) is 258 Å². The van der Waals surface area contributed by atoms with Crippen molar-refractivity contribution in [2.45, 2.75) is 258 Å². The Morgan fingerprint density at radius 2 is 0.609 bits per heavy atom. The fourth-order valence-electron chi connectivity index (χ4n) is 6.66. The Bertz CT molecular complexity index is 582. The maximum atomic E-state index is 12.0. The number of esters is 1. The summed E-state index contributed by atoms with van der Waals surface area (Å²) in [6.07, 6.45) is 56.0. The van der Waals surface area contributed by atoms with Crippen molar-refractivity contribution in [3.05, 3.63) is 12.2 Å². The van der Waals surface area contributed by atoms with Crippen molar-refractivity contribution in [3.63, 3.8) is 0 Å². The molecule has 0 fully saturated rings. The molecule has 0 N–H and O–H groups in total. The number of ether oxygens (including phenoxy) is 1. The summed E-state index contributed by atoms with van der Waals surface area (Å²) < 4.78 is 5.47. The summed E-state index contributed by atoms with van der Waals surface area (Å²) >= 11 is 0. The molecule has 0 aliphatic heterocycles. The van der Waals surface area contributed by atoms with Gasteiger partial charge < -0.3 is 4.74 Å². The van der Waals surface area contributed by atoms with Crippen molar-refractivity contribution in [2.75, 3.05) is 6.61 Å². The zero-order chi connectivity index (χ0) is 33.3. The van der Waals surface area contributed by atoms with E-state index in [9.17, 15) is 4.79 Å². The number of rotatable bonds is 40. The average molecular weight is 647 g/mol. The molecule has 0 spiro atoms. The third-order valence-corrected chi connectivity index (χ3v) is 9.90. The van der Waals surface area contributed by atoms with Gasteiger partial charge in [-0.25, -0.2) is 0 Å². The highest BCUT2D eigenvalue weighted by Gasteiger charge is 2.03. The van der Waals surface area contributed by atoms with Gasteiger partial charge in [0.1, 0.15) is 0 Å². The van der Waals surface area contributed by atoms with Crippen LogP contribution >= 0.6 is 0 Å². The Hall–Kier alpha value is -0.790. The third kappa shape index (κ3) is 41.2. The lowest BCUT2D eigenvalue weighted by atomic mass is 10.0. The first-order valence-electron chi connectivity index (χ1n) is 21.6. The zero-order valence-electron chi connectivity index (χ0n) is 32.0. The largest absolute Gasteiger partial charge is 0.466 e. The quantitative estimate of drug-likeness (QED) is 0.0376. The Labute approximate surface area is 291 Å². The van der Waals surface area contributed by atoms with E-state index in [-0.39, 0.29) is 5.97 Å². The van der Waals surface area contributed by atoms with Crippen LogP contribution < -0.4 is 0 Å². The molecule has 0 saturated carbocycles. The first-order valence-corrected chi connectivity index (χ1v) is 21.6. The molecule has 0 unspecified atom stereocenters. The van der Waals surface area contributed by atoms with E-state index in [2.05, 4.69) is 26.0 Å². The molecule has 2 nitrogen and oxygen atoms in total. The van der Waals surface area contributed by atoms with E-state index < -0.39 is 0 Å². The molecule has 2 heteroatoms. The Morgan fingerprint density at radius 1 is 0.348 bits per heavy atom. The van der Waals surface area contributed by atoms with Crippen molar-refractivity contribution in [3.8, 4) is 0 Å². The topological polar surface area (TPSA) is 26.3 Å². The van der Waals surface area contributed by atoms with Gasteiger partial charge in [0.05, 0.1) is 6.61 Å². The van der Waals surface area contributed by atoms with Crippen LogP contribution in [0.2, 0.25) is 0 Å². The van der Waals surface area contributed by atoms with Crippen LogP contribution in [-0.2, 0) is 9.53 Å². The summed E-state index contributed by atoms with van der Waals surface area (Å²) in [4.78, 5) is 12.0. The van der Waals surface area contributed by atoms with Crippen molar-refractivity contribution in [1.82, 2.24) is 0 Å². The monoisotopic (exact) mass is 647 g/mol. The van der Waals surface area contributed by atoms with Gasteiger partial charge >= 0.3 is 5.97 Å². The molecule has 0 saturated heterocycles. The van der Waals surface area contributed by atoms with E-state index in [1.54, 1.807) is 0 Å². The first-order chi connectivity index (χ1) is 22.8. The van der Waals surface area contributed by atoms with Crippen LogP contribution in [0.25, 0.3) is 0 Å². The first kappa shape index (κ1) is 45.2. The standard InChI is InChI=1S/C44H86O2/c1-3-5-7-9-11-13-15-17-19-21-22-23-24-25-27-29-31-33-35-37-39-41-43-46-44(45)42-40-38-36-34-32-30-28-26-20-18-16-14-12-10-8-6-4-2/h14,16H,3-13,15,17-43H2,1-2H3. The van der Waals surface area contributed by atoms with E-state index in [1.165, 1.54) is 225 Å². The average Bonchev–Trinajstić information content (AvgIpc) is 3.06. The fraction of sp³-hybridized carbons (Fsp3) is 0.932. The number of carbonyl (C=O) groups is 1. The number of carbonyl (C=O) groups excluding carboxylic acids is 1. The summed E-state index contributed by atoms with van der Waals surface area (Å²) in [5, 5.41) is 0. The van der Waals surface area contributed by atoms with Gasteiger partial charge in [-0.1, -0.05) is 225 Å². The van der Waals surface area contributed by atoms with Crippen LogP contribution in [0.5, 0.6) is 0 Å². The second-order valence-corrected chi connectivity index (χ2v) is 14.7. The van der Waals surface area contributed by atoms with E-state index in [0.717, 1.165) is 12.8 Å². The molecular formula is C44H86O2. The second-order valence-electron chi connectivity index (χ2n) is 14.7. The number of hydrogen-bond acceptors (Lipinski definition) is 2. The summed E-state index contributed by atoms with van der Waals surface area (Å²) in [7, 11) is 0. The molecule has 0 aliphatic carbocycles. The van der Waals surface area contributed by atoms with Crippen LogP contribution in [-0.4, -0.2) is 12.6 Å². The smallest absolute Gasteiger partial charge is 0.305 e. The fourth-order valence-corrected chi connectivity index (χ4v) is 6.66. The van der Waals surface area contributed by atoms with Crippen LogP contribution in [0.4, 0.5) is 0 Å². The molecule has 0 aromatic rings. The van der Waals surface area contributed by atoms with Gasteiger partial charge in [0, 0.05) is 6.42 Å². The predicted molar refractivity (Wildman–Crippen MR) is 207 cm³/mol. The maximum Gasteiger partial charge on any atom is 0.305 e. The summed E-state index contributed by atoms with van der Waals surface area (Å²) in [6, 6.07) is 0. The molecular weight excluding hydrogens is 560 g/mol. The molecule has 274 valence electrons. The molecule has 0 aromatic carbocycles. The lowest BCUT2D eigenvalue weighted by Crippen LogP contribution is -2.05. The van der Waals surface area contributed by atoms with Gasteiger partial charge in [-0.3, -0.25) is 4.79 Å². The summed E-state index contributed by atoms with van der Waals surface area (Å²) in [5.41, 5.74) is 0. The van der Waals surface area contributed by atoms with Crippen molar-refractivity contribution < 1.29 is 9.53 Å². The highest BCUT2D eigenvalue weighted by molar-refractivity contribution is 5.69. The van der Waals surface area contributed by atoms with E-state index >= 15 is 0 Å². The van der Waals surface area contributed by atoms with Crippen molar-refractivity contribution in [1.29, 1.82) is 0 Å². The van der Waals surface area contributed by atoms with E-state index in [4.69, 9.17) is 4.74 Å². The van der Waals surface area contributed by atoms with Gasteiger partial charge in [0.25, 0.3) is 0 Å². The number of hydrogen-bond donors (Lipinski definition) is 0. The zero-order valence-corrected chi connectivity index (χ0v) is 32.0. The highest BCUT2D eigenvalue weighted by Crippen LogP contribution is 2.16. The lowest BCUT2D eigenvalue weighted by Gasteiger charge is -2.06. The van der Waals surface area contributed by atoms with E-state index in [0.29, 0.717) is 13.0 Å². The maximum absolute atomic E-state index is 12.0. The Balaban J connectivity index is 3.16. The molecule has 0 rings (SSSR count). The van der Waals surface area contributed by atoms with Gasteiger partial charge in [0.2, 0.25) is 0 Å². The molecule has 0 aromatic heterocycles. The van der Waals surface area contributed by atoms with Gasteiger partial charge in [-0.05, 0) is 38.5 Å². The van der Waals surface area contributed by atoms with Crippen molar-refractivity contribution >= 4 is 5.97 Å². The predicted octanol–water partition coefficient (Wildman–Crippen LogP) is 15.9. The SMILES string of the molecule is CCCCCCC=CCCCCCCCCCCCC(=O)OCCCCCCCCCCCCCCCCCCCCCCCC. The summed E-state index contributed by atoms with van der Waals surface area (Å²) in [6.45, 7) is 5.21. The lowest BCUT2D eigenvalue weighted by molar-refractivity contribution is -0.143. The third-order valence-electron chi connectivity index (χ3n) is 9.90. The summed E-state index contributed by atoms with van der Waals surface area (Å²) in [5.74, 6) is 0.0264. The van der Waals surface area contributed by atoms with Crippen LogP contribution in [0.3, 0.4) is 0 Å². The number of unbranched alkanes of at least 4 members (excludes halogenated alkanes) is 34. The Morgan fingerprint density at radius 3 is 0.957 bits per heavy atom. The van der Waals surface area contributed by atoms with Gasteiger partial charge in [-0.2, -0.15) is 0 Å².